The first-order chi connectivity index (χ1) is 11.5. The van der Waals surface area contributed by atoms with Crippen LogP contribution in [0.5, 0.6) is 5.75 Å². The maximum absolute atomic E-state index is 12.1. The van der Waals surface area contributed by atoms with Crippen molar-refractivity contribution in [1.82, 2.24) is 5.32 Å². The monoisotopic (exact) mass is 366 g/mol. The van der Waals surface area contributed by atoms with Crippen molar-refractivity contribution >= 4 is 40.9 Å². The van der Waals surface area contributed by atoms with Gasteiger partial charge in [-0.05, 0) is 48.9 Å². The third-order valence-corrected chi connectivity index (χ3v) is 3.40. The molecule has 0 aliphatic heterocycles. The van der Waals surface area contributed by atoms with E-state index in [9.17, 15) is 9.59 Å². The second kappa shape index (κ2) is 8.57. The summed E-state index contributed by atoms with van der Waals surface area (Å²) in [5.41, 5.74) is 0.913. The van der Waals surface area contributed by atoms with Gasteiger partial charge in [-0.1, -0.05) is 30.1 Å². The van der Waals surface area contributed by atoms with Crippen LogP contribution >= 0.6 is 23.2 Å². The zero-order valence-electron chi connectivity index (χ0n) is 12.9. The van der Waals surface area contributed by atoms with Gasteiger partial charge in [0, 0.05) is 22.3 Å². The van der Waals surface area contributed by atoms with Crippen molar-refractivity contribution in [3.8, 4) is 5.75 Å². The molecule has 0 atom stereocenters. The smallest absolute Gasteiger partial charge is 0.343 e. The van der Waals surface area contributed by atoms with Gasteiger partial charge >= 0.3 is 12.0 Å². The zero-order chi connectivity index (χ0) is 17.5. The summed E-state index contributed by atoms with van der Waals surface area (Å²) in [5, 5.41) is 6.12. The van der Waals surface area contributed by atoms with Gasteiger partial charge in [0.2, 0.25) is 0 Å². The second-order valence-corrected chi connectivity index (χ2v) is 5.83. The SMILES string of the molecule is CCCNC(=O)Nc1ccc(C(=O)Oc2cc(Cl)cc(Cl)c2)cc1. The van der Waals surface area contributed by atoms with Crippen molar-refractivity contribution in [1.29, 1.82) is 0 Å². The number of urea groups is 1. The van der Waals surface area contributed by atoms with Crippen molar-refractivity contribution in [3.05, 3.63) is 58.1 Å². The third-order valence-electron chi connectivity index (χ3n) is 2.96. The lowest BCUT2D eigenvalue weighted by Crippen LogP contribution is -2.29. The van der Waals surface area contributed by atoms with Crippen LogP contribution in [0.25, 0.3) is 0 Å². The number of ether oxygens (including phenoxy) is 1. The van der Waals surface area contributed by atoms with E-state index in [1.165, 1.54) is 12.1 Å². The summed E-state index contributed by atoms with van der Waals surface area (Å²) in [7, 11) is 0. The molecule has 0 saturated heterocycles. The molecule has 0 fully saturated rings. The molecule has 24 heavy (non-hydrogen) atoms. The molecule has 0 heterocycles. The number of rotatable bonds is 5. The highest BCUT2D eigenvalue weighted by Crippen LogP contribution is 2.25. The van der Waals surface area contributed by atoms with Crippen molar-refractivity contribution in [2.75, 3.05) is 11.9 Å². The molecule has 126 valence electrons. The van der Waals surface area contributed by atoms with Crippen molar-refractivity contribution in [3.63, 3.8) is 0 Å². The van der Waals surface area contributed by atoms with Gasteiger partial charge in [-0.25, -0.2) is 9.59 Å². The fourth-order valence-corrected chi connectivity index (χ4v) is 2.36. The molecule has 2 amide bonds. The molecule has 0 spiro atoms. The average molecular weight is 367 g/mol. The van der Waals surface area contributed by atoms with Crippen LogP contribution in [0.4, 0.5) is 10.5 Å². The number of nitrogens with one attached hydrogen (secondary N) is 2. The Morgan fingerprint density at radius 3 is 2.25 bits per heavy atom. The number of carbonyl (C=O) groups excluding carboxylic acids is 2. The molecule has 0 unspecified atom stereocenters. The van der Waals surface area contributed by atoms with Gasteiger partial charge in [-0.3, -0.25) is 0 Å². The van der Waals surface area contributed by atoms with Gasteiger partial charge in [0.25, 0.3) is 0 Å². The minimum absolute atomic E-state index is 0.263. The zero-order valence-corrected chi connectivity index (χ0v) is 14.4. The predicted octanol–water partition coefficient (Wildman–Crippen LogP) is 4.74. The summed E-state index contributed by atoms with van der Waals surface area (Å²) in [6, 6.07) is 10.6. The Morgan fingerprint density at radius 1 is 1.04 bits per heavy atom. The Balaban J connectivity index is 1.99. The second-order valence-electron chi connectivity index (χ2n) is 4.95. The van der Waals surface area contributed by atoms with Crippen LogP contribution in [0.15, 0.2) is 42.5 Å². The van der Waals surface area contributed by atoms with Crippen molar-refractivity contribution < 1.29 is 14.3 Å². The number of hydrogen-bond acceptors (Lipinski definition) is 3. The molecule has 0 bridgehead atoms. The minimum Gasteiger partial charge on any atom is -0.423 e. The maximum Gasteiger partial charge on any atom is 0.343 e. The van der Waals surface area contributed by atoms with Gasteiger partial charge < -0.3 is 15.4 Å². The van der Waals surface area contributed by atoms with Crippen molar-refractivity contribution in [2.24, 2.45) is 0 Å². The van der Waals surface area contributed by atoms with E-state index in [1.807, 2.05) is 6.92 Å². The van der Waals surface area contributed by atoms with Crippen molar-refractivity contribution in [2.45, 2.75) is 13.3 Å². The van der Waals surface area contributed by atoms with Crippen LogP contribution in [0.3, 0.4) is 0 Å². The summed E-state index contributed by atoms with van der Waals surface area (Å²) in [6.07, 6.45) is 0.853. The van der Waals surface area contributed by atoms with Crippen LogP contribution < -0.4 is 15.4 Å². The number of hydrogen-bond donors (Lipinski definition) is 2. The fraction of sp³-hybridized carbons (Fsp3) is 0.176. The molecule has 0 aromatic heterocycles. The van der Waals surface area contributed by atoms with E-state index in [0.29, 0.717) is 27.8 Å². The van der Waals surface area contributed by atoms with Gasteiger partial charge in [0.15, 0.2) is 0 Å². The summed E-state index contributed by atoms with van der Waals surface area (Å²) in [6.45, 7) is 2.56. The largest absolute Gasteiger partial charge is 0.423 e. The first kappa shape index (κ1) is 18.1. The highest BCUT2D eigenvalue weighted by molar-refractivity contribution is 6.34. The number of carbonyl (C=O) groups is 2. The molecule has 0 radical (unpaired) electrons. The molecule has 2 rings (SSSR count). The lowest BCUT2D eigenvalue weighted by atomic mass is 10.2. The van der Waals surface area contributed by atoms with Gasteiger partial charge in [-0.2, -0.15) is 0 Å². The highest BCUT2D eigenvalue weighted by Gasteiger charge is 2.10. The third kappa shape index (κ3) is 5.44. The number of amides is 2. The molecule has 5 nitrogen and oxygen atoms in total. The van der Waals surface area contributed by atoms with E-state index in [4.69, 9.17) is 27.9 Å². The lowest BCUT2D eigenvalue weighted by molar-refractivity contribution is 0.0735. The Labute approximate surface area is 149 Å². The van der Waals surface area contributed by atoms with Crippen LogP contribution in [-0.4, -0.2) is 18.5 Å². The Kier molecular flexibility index (Phi) is 6.46. The summed E-state index contributed by atoms with van der Waals surface area (Å²) < 4.78 is 5.23. The number of esters is 1. The maximum atomic E-state index is 12.1. The van der Waals surface area contributed by atoms with E-state index in [0.717, 1.165) is 6.42 Å². The molecular weight excluding hydrogens is 351 g/mol. The topological polar surface area (TPSA) is 67.4 Å². The normalized spacial score (nSPS) is 10.1. The Hall–Kier alpha value is -2.24. The van der Waals surface area contributed by atoms with E-state index in [-0.39, 0.29) is 11.8 Å². The minimum atomic E-state index is -0.546. The fourth-order valence-electron chi connectivity index (χ4n) is 1.86. The standard InChI is InChI=1S/C17H16Cl2N2O3/c1-2-7-20-17(23)21-14-5-3-11(4-6-14)16(22)24-15-9-12(18)8-13(19)10-15/h3-6,8-10H,2,7H2,1H3,(H2,20,21,23). The number of benzene rings is 2. The van der Waals surface area contributed by atoms with E-state index < -0.39 is 5.97 Å². The Bertz CT molecular complexity index is 713. The predicted molar refractivity (Wildman–Crippen MR) is 95.2 cm³/mol. The molecule has 0 aliphatic carbocycles. The molecule has 0 saturated carbocycles. The average Bonchev–Trinajstić information content (AvgIpc) is 2.52. The van der Waals surface area contributed by atoms with Crippen LogP contribution in [0.1, 0.15) is 23.7 Å². The quantitative estimate of drug-likeness (QED) is 0.592. The lowest BCUT2D eigenvalue weighted by Gasteiger charge is -2.08. The van der Waals surface area contributed by atoms with Crippen LogP contribution in [0.2, 0.25) is 10.0 Å². The number of anilines is 1. The van der Waals surface area contributed by atoms with E-state index in [1.54, 1.807) is 30.3 Å². The molecule has 0 aliphatic rings. The summed E-state index contributed by atoms with van der Waals surface area (Å²) >= 11 is 11.7. The van der Waals surface area contributed by atoms with Gasteiger partial charge in [-0.15, -0.1) is 0 Å². The number of halogens is 2. The van der Waals surface area contributed by atoms with Gasteiger partial charge in [0.05, 0.1) is 5.56 Å². The molecule has 2 N–H and O–H groups in total. The first-order valence-corrected chi connectivity index (χ1v) is 8.06. The van der Waals surface area contributed by atoms with Crippen LogP contribution in [-0.2, 0) is 0 Å². The van der Waals surface area contributed by atoms with Gasteiger partial charge in [0.1, 0.15) is 5.75 Å². The molecule has 2 aromatic rings. The van der Waals surface area contributed by atoms with E-state index in [2.05, 4.69) is 10.6 Å². The Morgan fingerprint density at radius 2 is 1.67 bits per heavy atom. The molecule has 7 heteroatoms. The molecular formula is C17H16Cl2N2O3. The van der Waals surface area contributed by atoms with E-state index >= 15 is 0 Å². The highest BCUT2D eigenvalue weighted by atomic mass is 35.5. The van der Waals surface area contributed by atoms with Crippen LogP contribution in [0, 0.1) is 0 Å². The summed E-state index contributed by atoms with van der Waals surface area (Å²) in [5.74, 6) is -0.283. The summed E-state index contributed by atoms with van der Waals surface area (Å²) in [4.78, 5) is 23.7. The first-order valence-electron chi connectivity index (χ1n) is 7.31. The molecule has 2 aromatic carbocycles.